The normalized spacial score (nSPS) is 19.0. The molecule has 2 rings (SSSR count). The Hall–Kier alpha value is -1.64. The van der Waals surface area contributed by atoms with Crippen molar-refractivity contribution in [2.24, 2.45) is 5.92 Å². The van der Waals surface area contributed by atoms with Gasteiger partial charge in [-0.25, -0.2) is 4.79 Å². The van der Waals surface area contributed by atoms with Crippen LogP contribution in [0.3, 0.4) is 0 Å². The van der Waals surface area contributed by atoms with Gasteiger partial charge in [-0.2, -0.15) is 12.7 Å². The van der Waals surface area contributed by atoms with Gasteiger partial charge in [-0.05, 0) is 36.5 Å². The van der Waals surface area contributed by atoms with Crippen LogP contribution in [0.1, 0.15) is 29.3 Å². The van der Waals surface area contributed by atoms with Crippen molar-refractivity contribution in [2.75, 3.05) is 31.5 Å². The molecule has 128 valence electrons. The maximum absolute atomic E-state index is 12.5. The van der Waals surface area contributed by atoms with Gasteiger partial charge in [0.05, 0.1) is 17.9 Å². The van der Waals surface area contributed by atoms with Gasteiger partial charge in [-0.1, -0.05) is 13.0 Å². The molecular formula is C15H22N2O5S. The molecule has 8 heteroatoms. The molecule has 0 saturated carbocycles. The Balaban J connectivity index is 2.20. The Morgan fingerprint density at radius 3 is 2.83 bits per heavy atom. The first-order chi connectivity index (χ1) is 10.9. The Labute approximate surface area is 136 Å². The number of rotatable bonds is 7. The third-order valence-corrected chi connectivity index (χ3v) is 5.46. The SMILES string of the molecule is CCc1ccc(C(=O)O)cc1NS(=O)(=O)N1CCC(COC)C1. The highest BCUT2D eigenvalue weighted by Gasteiger charge is 2.31. The predicted octanol–water partition coefficient (Wildman–Crippen LogP) is 1.57. The maximum atomic E-state index is 12.5. The number of carbonyl (C=O) groups is 1. The first-order valence-corrected chi connectivity index (χ1v) is 8.94. The van der Waals surface area contributed by atoms with Crippen LogP contribution in [0.5, 0.6) is 0 Å². The largest absolute Gasteiger partial charge is 0.478 e. The number of nitrogens with one attached hydrogen (secondary N) is 1. The molecule has 1 aliphatic rings. The first kappa shape index (κ1) is 17.7. The van der Waals surface area contributed by atoms with Gasteiger partial charge in [-0.3, -0.25) is 4.72 Å². The van der Waals surface area contributed by atoms with E-state index in [2.05, 4.69) is 4.72 Å². The standard InChI is InChI=1S/C15H22N2O5S/c1-3-12-4-5-13(15(18)19)8-14(12)16-23(20,21)17-7-6-11(9-17)10-22-2/h4-5,8,11,16H,3,6-7,9-10H2,1-2H3,(H,18,19). The number of hydrogen-bond donors (Lipinski definition) is 2. The number of anilines is 1. The highest BCUT2D eigenvalue weighted by molar-refractivity contribution is 7.90. The molecule has 0 aromatic heterocycles. The van der Waals surface area contributed by atoms with Crippen molar-refractivity contribution in [3.8, 4) is 0 Å². The monoisotopic (exact) mass is 342 g/mol. The smallest absolute Gasteiger partial charge is 0.335 e. The molecule has 1 heterocycles. The number of aryl methyl sites for hydroxylation is 1. The van der Waals surface area contributed by atoms with Crippen molar-refractivity contribution in [1.82, 2.24) is 4.31 Å². The zero-order valence-corrected chi connectivity index (χ0v) is 14.1. The predicted molar refractivity (Wildman–Crippen MR) is 86.9 cm³/mol. The van der Waals surface area contributed by atoms with Crippen LogP contribution in [0.25, 0.3) is 0 Å². The molecule has 0 radical (unpaired) electrons. The summed E-state index contributed by atoms with van der Waals surface area (Å²) in [5.41, 5.74) is 1.13. The van der Waals surface area contributed by atoms with Crippen LogP contribution >= 0.6 is 0 Å². The summed E-state index contributed by atoms with van der Waals surface area (Å²) >= 11 is 0. The minimum atomic E-state index is -3.70. The fourth-order valence-electron chi connectivity index (χ4n) is 2.70. The fraction of sp³-hybridized carbons (Fsp3) is 0.533. The molecule has 1 fully saturated rings. The van der Waals surface area contributed by atoms with Crippen LogP contribution in [0, 0.1) is 5.92 Å². The molecule has 2 N–H and O–H groups in total. The van der Waals surface area contributed by atoms with E-state index in [1.54, 1.807) is 13.2 Å². The van der Waals surface area contributed by atoms with E-state index >= 15 is 0 Å². The van der Waals surface area contributed by atoms with Crippen molar-refractivity contribution in [3.63, 3.8) is 0 Å². The molecule has 0 bridgehead atoms. The summed E-state index contributed by atoms with van der Waals surface area (Å²) < 4.78 is 34.0. The van der Waals surface area contributed by atoms with E-state index in [1.165, 1.54) is 16.4 Å². The summed E-state index contributed by atoms with van der Waals surface area (Å²) in [5.74, 6) is -0.901. The van der Waals surface area contributed by atoms with E-state index in [9.17, 15) is 13.2 Å². The van der Waals surface area contributed by atoms with Gasteiger partial charge in [0.2, 0.25) is 0 Å². The second-order valence-corrected chi connectivity index (χ2v) is 7.28. The van der Waals surface area contributed by atoms with Gasteiger partial charge in [0.25, 0.3) is 0 Å². The zero-order valence-electron chi connectivity index (χ0n) is 13.3. The summed E-state index contributed by atoms with van der Waals surface area (Å²) in [6.45, 7) is 3.26. The van der Waals surface area contributed by atoms with Crippen molar-refractivity contribution in [2.45, 2.75) is 19.8 Å². The van der Waals surface area contributed by atoms with Crippen LogP contribution in [-0.2, 0) is 21.4 Å². The lowest BCUT2D eigenvalue weighted by atomic mass is 10.1. The van der Waals surface area contributed by atoms with E-state index in [-0.39, 0.29) is 11.5 Å². The minimum absolute atomic E-state index is 0.0542. The number of carboxylic acids is 1. The van der Waals surface area contributed by atoms with Gasteiger partial charge in [0.1, 0.15) is 0 Å². The number of aromatic carboxylic acids is 1. The average molecular weight is 342 g/mol. The number of nitrogens with zero attached hydrogens (tertiary/aromatic N) is 1. The third-order valence-electron chi connectivity index (χ3n) is 3.97. The van der Waals surface area contributed by atoms with E-state index in [1.807, 2.05) is 6.92 Å². The van der Waals surface area contributed by atoms with E-state index in [0.717, 1.165) is 12.0 Å². The number of benzene rings is 1. The second kappa shape index (κ2) is 7.29. The Morgan fingerprint density at radius 2 is 2.22 bits per heavy atom. The first-order valence-electron chi connectivity index (χ1n) is 7.50. The molecular weight excluding hydrogens is 320 g/mol. The fourth-order valence-corrected chi connectivity index (χ4v) is 4.05. The van der Waals surface area contributed by atoms with Gasteiger partial charge in [-0.15, -0.1) is 0 Å². The lowest BCUT2D eigenvalue weighted by Gasteiger charge is -2.19. The molecule has 23 heavy (non-hydrogen) atoms. The highest BCUT2D eigenvalue weighted by atomic mass is 32.2. The van der Waals surface area contributed by atoms with E-state index < -0.39 is 16.2 Å². The molecule has 0 spiro atoms. The molecule has 1 aliphatic heterocycles. The quantitative estimate of drug-likeness (QED) is 0.784. The van der Waals surface area contributed by atoms with Crippen molar-refractivity contribution >= 4 is 21.9 Å². The maximum Gasteiger partial charge on any atom is 0.335 e. The Bertz CT molecular complexity index is 674. The molecule has 1 unspecified atom stereocenters. The Morgan fingerprint density at radius 1 is 1.48 bits per heavy atom. The topological polar surface area (TPSA) is 95.9 Å². The van der Waals surface area contributed by atoms with Crippen LogP contribution in [-0.4, -0.2) is 50.6 Å². The van der Waals surface area contributed by atoms with Crippen LogP contribution in [0.4, 0.5) is 5.69 Å². The molecule has 1 saturated heterocycles. The summed E-state index contributed by atoms with van der Waals surface area (Å²) in [7, 11) is -2.11. The minimum Gasteiger partial charge on any atom is -0.478 e. The zero-order chi connectivity index (χ0) is 17.0. The van der Waals surface area contributed by atoms with Crippen LogP contribution in [0.2, 0.25) is 0 Å². The van der Waals surface area contributed by atoms with Crippen molar-refractivity contribution in [1.29, 1.82) is 0 Å². The van der Waals surface area contributed by atoms with Crippen LogP contribution < -0.4 is 4.72 Å². The van der Waals surface area contributed by atoms with Gasteiger partial charge in [0.15, 0.2) is 0 Å². The molecule has 7 nitrogen and oxygen atoms in total. The Kier molecular flexibility index (Phi) is 5.61. The molecule has 0 aliphatic carbocycles. The van der Waals surface area contributed by atoms with Crippen molar-refractivity contribution in [3.05, 3.63) is 29.3 Å². The average Bonchev–Trinajstić information content (AvgIpc) is 2.96. The van der Waals surface area contributed by atoms with Crippen molar-refractivity contribution < 1.29 is 23.1 Å². The summed E-state index contributed by atoms with van der Waals surface area (Å²) in [4.78, 5) is 11.1. The lowest BCUT2D eigenvalue weighted by Crippen LogP contribution is -2.34. The lowest BCUT2D eigenvalue weighted by molar-refractivity contribution is 0.0697. The van der Waals surface area contributed by atoms with Gasteiger partial charge >= 0.3 is 16.2 Å². The molecule has 1 atom stereocenters. The highest BCUT2D eigenvalue weighted by Crippen LogP contribution is 2.24. The van der Waals surface area contributed by atoms with Gasteiger partial charge in [0, 0.05) is 20.2 Å². The molecule has 1 aromatic rings. The summed E-state index contributed by atoms with van der Waals surface area (Å²) in [6.07, 6.45) is 1.36. The number of ether oxygens (including phenoxy) is 1. The van der Waals surface area contributed by atoms with Gasteiger partial charge < -0.3 is 9.84 Å². The second-order valence-electron chi connectivity index (χ2n) is 5.61. The van der Waals surface area contributed by atoms with Crippen LogP contribution in [0.15, 0.2) is 18.2 Å². The van der Waals surface area contributed by atoms with E-state index in [0.29, 0.717) is 31.8 Å². The number of methoxy groups -OCH3 is 1. The summed E-state index contributed by atoms with van der Waals surface area (Å²) in [5, 5.41) is 9.07. The number of hydrogen-bond acceptors (Lipinski definition) is 4. The molecule has 0 amide bonds. The summed E-state index contributed by atoms with van der Waals surface area (Å²) in [6, 6.07) is 4.48. The third kappa shape index (κ3) is 4.21. The number of carboxylic acid groups (broad SMARTS) is 1. The molecule has 1 aromatic carbocycles. The van der Waals surface area contributed by atoms with E-state index in [4.69, 9.17) is 9.84 Å².